The van der Waals surface area contributed by atoms with Crippen molar-refractivity contribution < 1.29 is 22.8 Å². The number of alkyl halides is 3. The smallest absolute Gasteiger partial charge is 0.343 e. The molecular formula is C18H24F3N3O2. The lowest BCUT2D eigenvalue weighted by Crippen LogP contribution is -2.38. The summed E-state index contributed by atoms with van der Waals surface area (Å²) in [5.41, 5.74) is -0.128. The van der Waals surface area contributed by atoms with Crippen molar-refractivity contribution in [2.75, 3.05) is 19.6 Å². The summed E-state index contributed by atoms with van der Waals surface area (Å²) in [4.78, 5) is 25.4. The molecule has 1 aromatic rings. The molecule has 0 radical (unpaired) electrons. The first-order chi connectivity index (χ1) is 12.4. The van der Waals surface area contributed by atoms with Gasteiger partial charge < -0.3 is 15.5 Å². The second-order valence-corrected chi connectivity index (χ2v) is 6.35. The molecule has 1 aliphatic rings. The van der Waals surface area contributed by atoms with E-state index in [1.165, 1.54) is 12.1 Å². The molecule has 0 aromatic heterocycles. The van der Waals surface area contributed by atoms with Crippen molar-refractivity contribution in [3.63, 3.8) is 0 Å². The zero-order valence-electron chi connectivity index (χ0n) is 14.6. The van der Waals surface area contributed by atoms with Crippen LogP contribution in [0.25, 0.3) is 0 Å². The standard InChI is InChI=1S/C18H24F3N3O2/c19-18(20,21)15-8-6-14(7-9-15)13-23-17(26)22-10-4-12-24-11-3-1-2-5-16(24)25/h6-9H,1-5,10-13H2,(H2,22,23,26). The van der Waals surface area contributed by atoms with Crippen molar-refractivity contribution in [3.8, 4) is 0 Å². The molecule has 1 aliphatic heterocycles. The normalized spacial score (nSPS) is 15.5. The Hall–Kier alpha value is -2.25. The number of nitrogens with zero attached hydrogens (tertiary/aromatic N) is 1. The summed E-state index contributed by atoms with van der Waals surface area (Å²) in [6, 6.07) is 4.29. The van der Waals surface area contributed by atoms with E-state index in [0.29, 0.717) is 31.5 Å². The number of halogens is 3. The molecule has 1 aromatic carbocycles. The van der Waals surface area contributed by atoms with Crippen molar-refractivity contribution >= 4 is 11.9 Å². The first-order valence-corrected chi connectivity index (χ1v) is 8.82. The minimum Gasteiger partial charge on any atom is -0.343 e. The van der Waals surface area contributed by atoms with Gasteiger partial charge in [-0.1, -0.05) is 18.6 Å². The summed E-state index contributed by atoms with van der Waals surface area (Å²) in [6.07, 6.45) is -0.0574. The predicted molar refractivity (Wildman–Crippen MR) is 91.3 cm³/mol. The molecule has 0 aliphatic carbocycles. The molecule has 1 saturated heterocycles. The Balaban J connectivity index is 1.63. The molecule has 144 valence electrons. The molecule has 5 nitrogen and oxygen atoms in total. The molecule has 2 rings (SSSR count). The molecule has 0 spiro atoms. The van der Waals surface area contributed by atoms with Gasteiger partial charge in [0.1, 0.15) is 0 Å². The number of hydrogen-bond acceptors (Lipinski definition) is 2. The number of carbonyl (C=O) groups excluding carboxylic acids is 2. The summed E-state index contributed by atoms with van der Waals surface area (Å²) in [5.74, 6) is 0.175. The Morgan fingerprint density at radius 3 is 2.50 bits per heavy atom. The number of hydrogen-bond donors (Lipinski definition) is 2. The van der Waals surface area contributed by atoms with Crippen LogP contribution in [0, 0.1) is 0 Å². The summed E-state index contributed by atoms with van der Waals surface area (Å²) in [6.45, 7) is 1.98. The van der Waals surface area contributed by atoms with Gasteiger partial charge in [-0.15, -0.1) is 0 Å². The van der Waals surface area contributed by atoms with Gasteiger partial charge >= 0.3 is 12.2 Å². The van der Waals surface area contributed by atoms with E-state index in [1.54, 1.807) is 0 Å². The highest BCUT2D eigenvalue weighted by Gasteiger charge is 2.29. The van der Waals surface area contributed by atoms with Crippen LogP contribution < -0.4 is 10.6 Å². The van der Waals surface area contributed by atoms with E-state index in [4.69, 9.17) is 0 Å². The summed E-state index contributed by atoms with van der Waals surface area (Å²) >= 11 is 0. The minimum absolute atomic E-state index is 0.147. The van der Waals surface area contributed by atoms with Crippen molar-refractivity contribution in [2.45, 2.75) is 44.8 Å². The average molecular weight is 371 g/mol. The zero-order valence-corrected chi connectivity index (χ0v) is 14.6. The zero-order chi connectivity index (χ0) is 19.0. The lowest BCUT2D eigenvalue weighted by molar-refractivity contribution is -0.137. The van der Waals surface area contributed by atoms with E-state index in [2.05, 4.69) is 10.6 Å². The van der Waals surface area contributed by atoms with Crippen LogP contribution in [-0.4, -0.2) is 36.5 Å². The third kappa shape index (κ3) is 6.57. The van der Waals surface area contributed by atoms with Gasteiger partial charge in [0.25, 0.3) is 0 Å². The Kier molecular flexibility index (Phi) is 7.29. The van der Waals surface area contributed by atoms with E-state index in [0.717, 1.165) is 37.9 Å². The Morgan fingerprint density at radius 1 is 1.08 bits per heavy atom. The highest BCUT2D eigenvalue weighted by molar-refractivity contribution is 5.76. The molecular weight excluding hydrogens is 347 g/mol. The largest absolute Gasteiger partial charge is 0.416 e. The molecule has 0 atom stereocenters. The van der Waals surface area contributed by atoms with Crippen LogP contribution in [0.5, 0.6) is 0 Å². The third-order valence-electron chi connectivity index (χ3n) is 4.30. The average Bonchev–Trinajstić information content (AvgIpc) is 2.81. The maximum atomic E-state index is 12.5. The Labute approximate surface area is 150 Å². The minimum atomic E-state index is -4.36. The highest BCUT2D eigenvalue weighted by atomic mass is 19.4. The summed E-state index contributed by atoms with van der Waals surface area (Å²) < 4.78 is 37.5. The van der Waals surface area contributed by atoms with E-state index >= 15 is 0 Å². The molecule has 1 fully saturated rings. The SMILES string of the molecule is O=C(NCCCN1CCCCCC1=O)NCc1ccc(C(F)(F)F)cc1. The molecule has 1 heterocycles. The molecule has 0 unspecified atom stereocenters. The molecule has 8 heteroatoms. The topological polar surface area (TPSA) is 61.4 Å². The first-order valence-electron chi connectivity index (χ1n) is 8.82. The molecule has 26 heavy (non-hydrogen) atoms. The van der Waals surface area contributed by atoms with Crippen LogP contribution in [0.2, 0.25) is 0 Å². The van der Waals surface area contributed by atoms with Crippen LogP contribution in [0.1, 0.15) is 43.2 Å². The maximum Gasteiger partial charge on any atom is 0.416 e. The number of benzene rings is 1. The number of nitrogens with one attached hydrogen (secondary N) is 2. The second kappa shape index (κ2) is 9.45. The van der Waals surface area contributed by atoms with Crippen molar-refractivity contribution in [2.24, 2.45) is 0 Å². The summed E-state index contributed by atoms with van der Waals surface area (Å²) in [7, 11) is 0. The molecule has 0 bridgehead atoms. The fourth-order valence-electron chi connectivity index (χ4n) is 2.80. The Bertz CT molecular complexity index is 603. The van der Waals surface area contributed by atoms with Gasteiger partial charge in [0.05, 0.1) is 5.56 Å². The monoisotopic (exact) mass is 371 g/mol. The van der Waals surface area contributed by atoms with E-state index in [9.17, 15) is 22.8 Å². The van der Waals surface area contributed by atoms with Gasteiger partial charge in [-0.25, -0.2) is 4.79 Å². The summed E-state index contributed by atoms with van der Waals surface area (Å²) in [5, 5.41) is 5.29. The lowest BCUT2D eigenvalue weighted by Gasteiger charge is -2.20. The second-order valence-electron chi connectivity index (χ2n) is 6.35. The number of amides is 3. The van der Waals surface area contributed by atoms with Gasteiger partial charge in [-0.05, 0) is 37.0 Å². The van der Waals surface area contributed by atoms with E-state index < -0.39 is 11.7 Å². The van der Waals surface area contributed by atoms with Crippen LogP contribution in [0.4, 0.5) is 18.0 Å². The molecule has 2 N–H and O–H groups in total. The van der Waals surface area contributed by atoms with Crippen molar-refractivity contribution in [1.82, 2.24) is 15.5 Å². The number of carbonyl (C=O) groups is 2. The van der Waals surface area contributed by atoms with E-state index in [1.807, 2.05) is 4.90 Å². The molecule has 3 amide bonds. The van der Waals surface area contributed by atoms with Crippen molar-refractivity contribution in [1.29, 1.82) is 0 Å². The van der Waals surface area contributed by atoms with Crippen LogP contribution in [-0.2, 0) is 17.5 Å². The fourth-order valence-corrected chi connectivity index (χ4v) is 2.80. The van der Waals surface area contributed by atoms with E-state index in [-0.39, 0.29) is 18.5 Å². The fraction of sp³-hybridized carbons (Fsp3) is 0.556. The highest BCUT2D eigenvalue weighted by Crippen LogP contribution is 2.29. The quantitative estimate of drug-likeness (QED) is 0.754. The van der Waals surface area contributed by atoms with Crippen molar-refractivity contribution in [3.05, 3.63) is 35.4 Å². The third-order valence-corrected chi connectivity index (χ3v) is 4.30. The number of rotatable bonds is 6. The lowest BCUT2D eigenvalue weighted by atomic mass is 10.1. The number of urea groups is 1. The molecule has 0 saturated carbocycles. The van der Waals surface area contributed by atoms with Crippen LogP contribution in [0.3, 0.4) is 0 Å². The van der Waals surface area contributed by atoms with Gasteiger partial charge in [0.15, 0.2) is 0 Å². The van der Waals surface area contributed by atoms with Gasteiger partial charge in [0, 0.05) is 32.6 Å². The van der Waals surface area contributed by atoms with Crippen LogP contribution in [0.15, 0.2) is 24.3 Å². The Morgan fingerprint density at radius 2 is 1.81 bits per heavy atom. The van der Waals surface area contributed by atoms with Gasteiger partial charge in [0.2, 0.25) is 5.91 Å². The van der Waals surface area contributed by atoms with Gasteiger partial charge in [-0.3, -0.25) is 4.79 Å². The number of likely N-dealkylation sites (tertiary alicyclic amines) is 1. The maximum absolute atomic E-state index is 12.5. The predicted octanol–water partition coefficient (Wildman–Crippen LogP) is 3.30. The van der Waals surface area contributed by atoms with Gasteiger partial charge in [-0.2, -0.15) is 13.2 Å². The first kappa shape index (κ1) is 20.1. The van der Waals surface area contributed by atoms with Crippen LogP contribution >= 0.6 is 0 Å².